The van der Waals surface area contributed by atoms with Crippen LogP contribution in [0.1, 0.15) is 19.3 Å². The number of rotatable bonds is 5. The SMILES string of the molecule is NC[C@H]1CC[C@@H](C(=O)NC2CCN(c3cccc(OC(F)(F)F)c3)C2=O)O1. The highest BCUT2D eigenvalue weighted by Gasteiger charge is 2.37. The van der Waals surface area contributed by atoms with Gasteiger partial charge in [0.25, 0.3) is 0 Å². The minimum Gasteiger partial charge on any atom is -0.406 e. The van der Waals surface area contributed by atoms with Gasteiger partial charge in [-0.15, -0.1) is 13.2 Å². The molecule has 0 bridgehead atoms. The van der Waals surface area contributed by atoms with Gasteiger partial charge in [0.2, 0.25) is 11.8 Å². The number of nitrogens with two attached hydrogens (primary N) is 1. The lowest BCUT2D eigenvalue weighted by Gasteiger charge is -2.19. The zero-order valence-electron chi connectivity index (χ0n) is 14.4. The molecule has 2 aliphatic rings. The molecule has 0 aliphatic carbocycles. The Bertz CT molecular complexity index is 713. The summed E-state index contributed by atoms with van der Waals surface area (Å²) in [5.41, 5.74) is 5.79. The van der Waals surface area contributed by atoms with Gasteiger partial charge in [-0.05, 0) is 31.4 Å². The Balaban J connectivity index is 1.62. The van der Waals surface area contributed by atoms with Gasteiger partial charge < -0.3 is 25.4 Å². The summed E-state index contributed by atoms with van der Waals surface area (Å²) < 4.78 is 46.5. The molecule has 3 N–H and O–H groups in total. The summed E-state index contributed by atoms with van der Waals surface area (Å²) in [6, 6.07) is 4.43. The van der Waals surface area contributed by atoms with E-state index in [1.165, 1.54) is 17.0 Å². The standard InChI is InChI=1S/C17H20F3N3O4/c18-17(19,20)27-11-3-1-2-10(8-11)23-7-6-13(16(23)25)22-15(24)14-5-4-12(9-21)26-14/h1-3,8,12-14H,4-7,9,21H2,(H,22,24)/t12-,13?,14+/m1/s1. The van der Waals surface area contributed by atoms with Crippen LogP contribution in [0.3, 0.4) is 0 Å². The molecule has 1 aromatic carbocycles. The highest BCUT2D eigenvalue weighted by molar-refractivity contribution is 6.01. The van der Waals surface area contributed by atoms with Crippen LogP contribution in [0, 0.1) is 0 Å². The van der Waals surface area contributed by atoms with E-state index >= 15 is 0 Å². The molecule has 2 amide bonds. The molecule has 3 atom stereocenters. The second-order valence-corrected chi connectivity index (χ2v) is 6.44. The number of hydrogen-bond donors (Lipinski definition) is 2. The molecule has 3 rings (SSSR count). The van der Waals surface area contributed by atoms with Crippen LogP contribution < -0.4 is 20.7 Å². The van der Waals surface area contributed by atoms with Gasteiger partial charge in [-0.1, -0.05) is 6.07 Å². The Kier molecular flexibility index (Phi) is 5.56. The Hall–Kier alpha value is -2.33. The number of nitrogens with one attached hydrogen (secondary N) is 1. The molecular formula is C17H20F3N3O4. The predicted octanol–water partition coefficient (Wildman–Crippen LogP) is 1.31. The van der Waals surface area contributed by atoms with Crippen LogP contribution in [-0.4, -0.2) is 49.5 Å². The van der Waals surface area contributed by atoms with Gasteiger partial charge in [0.1, 0.15) is 17.9 Å². The Morgan fingerprint density at radius 1 is 1.33 bits per heavy atom. The van der Waals surface area contributed by atoms with Crippen molar-refractivity contribution in [3.63, 3.8) is 0 Å². The van der Waals surface area contributed by atoms with Crippen molar-refractivity contribution in [1.29, 1.82) is 0 Å². The van der Waals surface area contributed by atoms with Crippen LogP contribution >= 0.6 is 0 Å². The van der Waals surface area contributed by atoms with Gasteiger partial charge in [0.15, 0.2) is 0 Å². The summed E-state index contributed by atoms with van der Waals surface area (Å²) in [5.74, 6) is -1.17. The van der Waals surface area contributed by atoms with Crippen molar-refractivity contribution < 1.29 is 32.2 Å². The Morgan fingerprint density at radius 3 is 2.78 bits per heavy atom. The number of carbonyl (C=O) groups is 2. The van der Waals surface area contributed by atoms with Crippen molar-refractivity contribution in [2.24, 2.45) is 5.73 Å². The summed E-state index contributed by atoms with van der Waals surface area (Å²) in [6.07, 6.45) is -4.04. The molecule has 0 spiro atoms. The summed E-state index contributed by atoms with van der Waals surface area (Å²) in [6.45, 7) is 0.604. The predicted molar refractivity (Wildman–Crippen MR) is 89.0 cm³/mol. The molecule has 0 aromatic heterocycles. The maximum absolute atomic E-state index is 12.6. The number of alkyl halides is 3. The number of benzene rings is 1. The van der Waals surface area contributed by atoms with Crippen molar-refractivity contribution in [3.8, 4) is 5.75 Å². The van der Waals surface area contributed by atoms with Crippen molar-refractivity contribution in [2.45, 2.75) is 43.9 Å². The molecular weight excluding hydrogens is 367 g/mol. The van der Waals surface area contributed by atoms with E-state index in [2.05, 4.69) is 10.1 Å². The zero-order valence-corrected chi connectivity index (χ0v) is 14.4. The van der Waals surface area contributed by atoms with E-state index in [4.69, 9.17) is 10.5 Å². The molecule has 2 aliphatic heterocycles. The largest absolute Gasteiger partial charge is 0.573 e. The maximum Gasteiger partial charge on any atom is 0.573 e. The van der Waals surface area contributed by atoms with Gasteiger partial charge in [-0.25, -0.2) is 0 Å². The Morgan fingerprint density at radius 2 is 2.11 bits per heavy atom. The third kappa shape index (κ3) is 4.69. The van der Waals surface area contributed by atoms with E-state index in [1.807, 2.05) is 0 Å². The quantitative estimate of drug-likeness (QED) is 0.795. The zero-order chi connectivity index (χ0) is 19.6. The van der Waals surface area contributed by atoms with Gasteiger partial charge in [-0.2, -0.15) is 0 Å². The number of halogens is 3. The fraction of sp³-hybridized carbons (Fsp3) is 0.529. The van der Waals surface area contributed by atoms with E-state index in [1.54, 1.807) is 0 Å². The highest BCUT2D eigenvalue weighted by atomic mass is 19.4. The number of amides is 2. The van der Waals surface area contributed by atoms with Crippen molar-refractivity contribution in [1.82, 2.24) is 5.32 Å². The number of ether oxygens (including phenoxy) is 2. The van der Waals surface area contributed by atoms with E-state index in [0.717, 1.165) is 12.1 Å². The molecule has 2 saturated heterocycles. The van der Waals surface area contributed by atoms with Gasteiger partial charge in [0, 0.05) is 24.8 Å². The summed E-state index contributed by atoms with van der Waals surface area (Å²) in [7, 11) is 0. The van der Waals surface area contributed by atoms with Crippen LogP contribution in [0.15, 0.2) is 24.3 Å². The van der Waals surface area contributed by atoms with E-state index < -0.39 is 24.3 Å². The molecule has 148 valence electrons. The maximum atomic E-state index is 12.6. The van der Waals surface area contributed by atoms with Gasteiger partial charge >= 0.3 is 6.36 Å². The van der Waals surface area contributed by atoms with Crippen LogP contribution in [-0.2, 0) is 14.3 Å². The average Bonchev–Trinajstić information content (AvgIpc) is 3.21. The first-order valence-corrected chi connectivity index (χ1v) is 8.60. The van der Waals surface area contributed by atoms with E-state index in [-0.39, 0.29) is 30.2 Å². The lowest BCUT2D eigenvalue weighted by molar-refractivity contribution is -0.274. The third-order valence-electron chi connectivity index (χ3n) is 4.55. The van der Waals surface area contributed by atoms with Gasteiger partial charge in [0.05, 0.1) is 6.10 Å². The van der Waals surface area contributed by atoms with E-state index in [9.17, 15) is 22.8 Å². The number of hydrogen-bond acceptors (Lipinski definition) is 5. The fourth-order valence-corrected chi connectivity index (χ4v) is 3.26. The first-order valence-electron chi connectivity index (χ1n) is 8.60. The Labute approximate surface area is 153 Å². The summed E-state index contributed by atoms with van der Waals surface area (Å²) in [5, 5.41) is 2.66. The number of anilines is 1. The second-order valence-electron chi connectivity index (χ2n) is 6.44. The van der Waals surface area contributed by atoms with Crippen LogP contribution in [0.25, 0.3) is 0 Å². The van der Waals surface area contributed by atoms with Crippen molar-refractivity contribution >= 4 is 17.5 Å². The smallest absolute Gasteiger partial charge is 0.406 e. The second kappa shape index (κ2) is 7.73. The minimum atomic E-state index is -4.81. The summed E-state index contributed by atoms with van der Waals surface area (Å²) in [4.78, 5) is 26.2. The van der Waals surface area contributed by atoms with Crippen LogP contribution in [0.5, 0.6) is 5.75 Å². The molecule has 2 fully saturated rings. The molecule has 0 radical (unpaired) electrons. The fourth-order valence-electron chi connectivity index (χ4n) is 3.26. The molecule has 7 nitrogen and oxygen atoms in total. The lowest BCUT2D eigenvalue weighted by Crippen LogP contribution is -2.45. The highest BCUT2D eigenvalue weighted by Crippen LogP contribution is 2.29. The third-order valence-corrected chi connectivity index (χ3v) is 4.55. The van der Waals surface area contributed by atoms with Gasteiger partial charge in [-0.3, -0.25) is 9.59 Å². The topological polar surface area (TPSA) is 93.9 Å². The number of carbonyl (C=O) groups excluding carboxylic acids is 2. The average molecular weight is 387 g/mol. The molecule has 27 heavy (non-hydrogen) atoms. The van der Waals surface area contributed by atoms with E-state index in [0.29, 0.717) is 25.8 Å². The first-order chi connectivity index (χ1) is 12.8. The monoisotopic (exact) mass is 387 g/mol. The number of nitrogens with zero attached hydrogens (tertiary/aromatic N) is 1. The molecule has 0 saturated carbocycles. The van der Waals surface area contributed by atoms with Crippen molar-refractivity contribution in [3.05, 3.63) is 24.3 Å². The molecule has 1 unspecified atom stereocenters. The van der Waals surface area contributed by atoms with Crippen LogP contribution in [0.2, 0.25) is 0 Å². The lowest BCUT2D eigenvalue weighted by atomic mass is 10.1. The van der Waals surface area contributed by atoms with Crippen LogP contribution in [0.4, 0.5) is 18.9 Å². The summed E-state index contributed by atoms with van der Waals surface area (Å²) >= 11 is 0. The molecule has 10 heteroatoms. The first kappa shape index (κ1) is 19.4. The normalized spacial score (nSPS) is 25.7. The molecule has 2 heterocycles. The van der Waals surface area contributed by atoms with Crippen molar-refractivity contribution in [2.75, 3.05) is 18.0 Å². The minimum absolute atomic E-state index is 0.159. The molecule has 1 aromatic rings.